The summed E-state index contributed by atoms with van der Waals surface area (Å²) in [6.45, 7) is 9.70. The highest BCUT2D eigenvalue weighted by atomic mass is 79.9. The van der Waals surface area contributed by atoms with Gasteiger partial charge in [0.2, 0.25) is 0 Å². The second-order valence-electron chi connectivity index (χ2n) is 6.40. The summed E-state index contributed by atoms with van der Waals surface area (Å²) < 4.78 is 33.7. The first-order chi connectivity index (χ1) is 11.1. The van der Waals surface area contributed by atoms with E-state index in [1.165, 1.54) is 0 Å². The zero-order valence-electron chi connectivity index (χ0n) is 16.4. The molecule has 1 heterocycles. The monoisotopic (exact) mass is 375 g/mol. The van der Waals surface area contributed by atoms with Gasteiger partial charge in [-0.1, -0.05) is 6.04 Å². The molecule has 1 rings (SSSR count). The quantitative estimate of drug-likeness (QED) is 0.674. The molecule has 6 nitrogen and oxygen atoms in total. The lowest BCUT2D eigenvalue weighted by atomic mass is 10.2. The van der Waals surface area contributed by atoms with Gasteiger partial charge in [0, 0.05) is 0 Å². The number of nitrogens with zero attached hydrogens (tertiary/aromatic N) is 2. The molecule has 0 atom stereocenters. The Hall–Kier alpha value is -1.63. The van der Waals surface area contributed by atoms with Gasteiger partial charge in [-0.3, -0.25) is 0 Å². The van der Waals surface area contributed by atoms with Crippen LogP contribution in [0.15, 0.2) is 22.7 Å². The summed E-state index contributed by atoms with van der Waals surface area (Å²) >= 11 is 2.99. The van der Waals surface area contributed by atoms with Crippen molar-refractivity contribution in [3.05, 3.63) is 22.7 Å². The van der Waals surface area contributed by atoms with Crippen molar-refractivity contribution in [2.24, 2.45) is 0 Å². The summed E-state index contributed by atoms with van der Waals surface area (Å²) in [5.74, 6) is -0.448. The van der Waals surface area contributed by atoms with Crippen LogP contribution in [0.25, 0.3) is 0 Å². The summed E-state index contributed by atoms with van der Waals surface area (Å²) in [6, 6.07) is -1.39. The number of hydrogen-bond acceptors (Lipinski definition) is 5. The third-order valence-electron chi connectivity index (χ3n) is 1.91. The average Bonchev–Trinajstić information content (AvgIpc) is 2.38. The van der Waals surface area contributed by atoms with E-state index in [2.05, 4.69) is 20.9 Å². The Morgan fingerprint density at radius 1 is 1.09 bits per heavy atom. The minimum atomic E-state index is -1.09. The van der Waals surface area contributed by atoms with Crippen molar-refractivity contribution in [3.63, 3.8) is 0 Å². The molecular weight excluding hydrogens is 352 g/mol. The topological polar surface area (TPSA) is 68.7 Å². The van der Waals surface area contributed by atoms with Crippen LogP contribution in [0.3, 0.4) is 0 Å². The highest BCUT2D eigenvalue weighted by Crippen LogP contribution is 2.21. The van der Waals surface area contributed by atoms with Gasteiger partial charge in [0.1, 0.15) is 21.6 Å². The number of hydrogen-bond donors (Lipinski definition) is 0. The molecule has 122 valence electrons. The number of ether oxygens (including phenoxy) is 2. The summed E-state index contributed by atoms with van der Waals surface area (Å²) in [4.78, 5) is 29.3. The summed E-state index contributed by atoms with van der Waals surface area (Å²) in [5.41, 5.74) is -1.81. The normalized spacial score (nSPS) is 13.7. The third-order valence-corrected chi connectivity index (χ3v) is 2.28. The van der Waals surface area contributed by atoms with E-state index in [9.17, 15) is 9.59 Å². The number of aromatic nitrogens is 1. The van der Waals surface area contributed by atoms with Gasteiger partial charge in [-0.05, 0) is 69.6 Å². The van der Waals surface area contributed by atoms with E-state index in [0.717, 1.165) is 0 Å². The smallest absolute Gasteiger partial charge is 0.425 e. The van der Waals surface area contributed by atoms with Crippen LogP contribution in [-0.2, 0) is 9.47 Å². The molecule has 22 heavy (non-hydrogen) atoms. The number of carbonyl (C=O) groups excluding carboxylic acids is 2. The van der Waals surface area contributed by atoms with Crippen LogP contribution in [0.1, 0.15) is 45.7 Å². The largest absolute Gasteiger partial charge is 0.443 e. The number of pyridine rings is 1. The van der Waals surface area contributed by atoms with Crippen molar-refractivity contribution in [1.82, 2.24) is 4.98 Å². The number of rotatable bonds is 1. The maximum atomic E-state index is 12.5. The average molecular weight is 376 g/mol. The predicted octanol–water partition coefficient (Wildman–Crippen LogP) is 4.52. The van der Waals surface area contributed by atoms with E-state index < -0.39 is 41.3 Å². The lowest BCUT2D eigenvalue weighted by molar-refractivity contribution is 0.0429. The van der Waals surface area contributed by atoms with Gasteiger partial charge in [0.15, 0.2) is 0 Å². The first kappa shape index (κ1) is 14.0. The molecule has 0 bridgehead atoms. The fourth-order valence-electron chi connectivity index (χ4n) is 1.26. The fraction of sp³-hybridized carbons (Fsp3) is 0.533. The van der Waals surface area contributed by atoms with Gasteiger partial charge < -0.3 is 9.47 Å². The van der Waals surface area contributed by atoms with Crippen LogP contribution >= 0.6 is 15.9 Å². The maximum Gasteiger partial charge on any atom is 0.425 e. The molecule has 0 fully saturated rings. The molecule has 0 N–H and O–H groups in total. The highest BCUT2D eigenvalue weighted by Gasteiger charge is 2.33. The highest BCUT2D eigenvalue weighted by molar-refractivity contribution is 9.10. The van der Waals surface area contributed by atoms with Crippen molar-refractivity contribution >= 4 is 33.9 Å². The van der Waals surface area contributed by atoms with Gasteiger partial charge in [0.25, 0.3) is 0 Å². The minimum absolute atomic E-state index is 0.0828. The number of amides is 2. The third kappa shape index (κ3) is 6.01. The molecule has 0 spiro atoms. The van der Waals surface area contributed by atoms with E-state index in [-0.39, 0.29) is 10.6 Å². The molecule has 0 aliphatic rings. The van der Waals surface area contributed by atoms with Gasteiger partial charge in [-0.25, -0.2) is 14.6 Å². The molecule has 0 saturated carbocycles. The zero-order valence-corrected chi connectivity index (χ0v) is 15.0. The van der Waals surface area contributed by atoms with Crippen molar-refractivity contribution in [2.75, 3.05) is 4.90 Å². The van der Waals surface area contributed by atoms with Gasteiger partial charge in [0.05, 0.1) is 4.11 Å². The lowest BCUT2D eigenvalue weighted by Gasteiger charge is -2.28. The van der Waals surface area contributed by atoms with Crippen molar-refractivity contribution < 1.29 is 23.2 Å². The number of carbonyl (C=O) groups is 2. The molecule has 0 aromatic carbocycles. The van der Waals surface area contributed by atoms with Crippen LogP contribution in [0.5, 0.6) is 0 Å². The molecular formula is C15H21BrN2O4. The Balaban J connectivity index is 3.47. The number of halogens is 1. The first-order valence-electron chi connectivity index (χ1n) is 8.03. The molecule has 7 heteroatoms. The second kappa shape index (κ2) is 6.64. The van der Waals surface area contributed by atoms with Crippen LogP contribution in [0.4, 0.5) is 15.4 Å². The van der Waals surface area contributed by atoms with Crippen LogP contribution in [0, 0.1) is 0 Å². The van der Waals surface area contributed by atoms with Crippen LogP contribution < -0.4 is 4.90 Å². The van der Waals surface area contributed by atoms with E-state index in [1.807, 2.05) is 0 Å². The predicted molar refractivity (Wildman–Crippen MR) is 86.9 cm³/mol. The Morgan fingerprint density at radius 3 is 1.95 bits per heavy atom. The van der Waals surface area contributed by atoms with Crippen LogP contribution in [-0.4, -0.2) is 28.4 Å². The second-order valence-corrected chi connectivity index (χ2v) is 7.15. The first-order valence-corrected chi connectivity index (χ1v) is 7.32. The van der Waals surface area contributed by atoms with Crippen molar-refractivity contribution in [3.8, 4) is 0 Å². The van der Waals surface area contributed by atoms with E-state index in [4.69, 9.17) is 13.6 Å². The molecule has 2 amide bonds. The summed E-state index contributed by atoms with van der Waals surface area (Å²) in [6.07, 6.45) is -2.18. The molecule has 0 unspecified atom stereocenters. The van der Waals surface area contributed by atoms with E-state index >= 15 is 0 Å². The van der Waals surface area contributed by atoms with Gasteiger partial charge >= 0.3 is 12.2 Å². The van der Waals surface area contributed by atoms with E-state index in [1.54, 1.807) is 41.5 Å². The standard InChI is InChI=1S/C15H21BrN2O4/c1-14(2,3)21-12(19)18(13(20)22-15(4,5)6)11-9-7-8-10(16)17-11/h7-9H,1-6H3/i7D,8D,9D. The van der Waals surface area contributed by atoms with Crippen molar-refractivity contribution in [2.45, 2.75) is 52.7 Å². The molecule has 0 aliphatic carbocycles. The number of imide groups is 1. The molecule has 0 radical (unpaired) electrons. The Labute approximate surface area is 143 Å². The van der Waals surface area contributed by atoms with Crippen LogP contribution in [0.2, 0.25) is 0 Å². The molecule has 1 aromatic heterocycles. The maximum absolute atomic E-state index is 12.5. The van der Waals surface area contributed by atoms with E-state index in [0.29, 0.717) is 4.90 Å². The number of anilines is 1. The lowest BCUT2D eigenvalue weighted by Crippen LogP contribution is -2.44. The summed E-state index contributed by atoms with van der Waals surface area (Å²) in [7, 11) is 0. The minimum Gasteiger partial charge on any atom is -0.443 e. The molecule has 1 aromatic rings. The van der Waals surface area contributed by atoms with Gasteiger partial charge in [-0.2, -0.15) is 4.90 Å². The fourth-order valence-corrected chi connectivity index (χ4v) is 1.52. The Bertz CT molecular complexity index is 671. The van der Waals surface area contributed by atoms with Gasteiger partial charge in [-0.15, -0.1) is 0 Å². The SMILES string of the molecule is [2H]c1c(Br)nc(N(C(=O)OC(C)(C)C)C(=O)OC(C)(C)C)c([2H])c1[2H]. The molecule has 0 saturated heterocycles. The Kier molecular flexibility index (Phi) is 4.23. The molecule has 0 aliphatic heterocycles. The summed E-state index contributed by atoms with van der Waals surface area (Å²) in [5, 5.41) is 0. The zero-order chi connectivity index (χ0) is 19.7. The van der Waals surface area contributed by atoms with Crippen molar-refractivity contribution in [1.29, 1.82) is 0 Å². The Morgan fingerprint density at radius 2 is 1.55 bits per heavy atom.